The quantitative estimate of drug-likeness (QED) is 0.640. The maximum Gasteiger partial charge on any atom is 0.423 e. The van der Waals surface area contributed by atoms with E-state index in [-0.39, 0.29) is 37.6 Å². The Bertz CT molecular complexity index is 1150. The molecule has 2 N–H and O–H groups in total. The van der Waals surface area contributed by atoms with Crippen LogP contribution in [0.5, 0.6) is 0 Å². The number of pyridine rings is 1. The summed E-state index contributed by atoms with van der Waals surface area (Å²) in [6.45, 7) is 1.63. The molecule has 2 aliphatic heterocycles. The largest absolute Gasteiger partial charge is 0.423 e. The van der Waals surface area contributed by atoms with E-state index < -0.39 is 29.4 Å². The van der Waals surface area contributed by atoms with E-state index in [1.165, 1.54) is 17.3 Å². The third kappa shape index (κ3) is 4.73. The van der Waals surface area contributed by atoms with Gasteiger partial charge in [0.2, 0.25) is 0 Å². The lowest BCUT2D eigenvalue weighted by atomic mass is 9.98. The van der Waals surface area contributed by atoms with Crippen LogP contribution in [0.15, 0.2) is 29.5 Å². The topological polar surface area (TPSA) is 127 Å². The second-order valence-corrected chi connectivity index (χ2v) is 7.97. The summed E-state index contributed by atoms with van der Waals surface area (Å²) in [6.07, 6.45) is -1.08. The van der Waals surface area contributed by atoms with Crippen molar-refractivity contribution < 1.29 is 22.7 Å². The highest BCUT2D eigenvalue weighted by molar-refractivity contribution is 5.89. The average molecular weight is 477 g/mol. The molecule has 2 atom stereocenters. The zero-order valence-corrected chi connectivity index (χ0v) is 18.0. The van der Waals surface area contributed by atoms with Crippen molar-refractivity contribution in [1.29, 1.82) is 5.26 Å². The van der Waals surface area contributed by atoms with Gasteiger partial charge in [-0.3, -0.25) is 14.6 Å². The summed E-state index contributed by atoms with van der Waals surface area (Å²) in [5.74, 6) is -0.222. The molecule has 0 amide bonds. The molecule has 0 saturated carbocycles. The fourth-order valence-electron chi connectivity index (χ4n) is 4.39. The fraction of sp³-hybridized carbons (Fsp3) is 0.476. The summed E-state index contributed by atoms with van der Waals surface area (Å²) in [5.41, 5.74) is -2.16. The number of rotatable bonds is 5. The highest BCUT2D eigenvalue weighted by Crippen LogP contribution is 2.35. The number of Topliss-reactive ketones (excluding diaryl/α,β-unsaturated/α-hetero) is 1. The van der Waals surface area contributed by atoms with Crippen molar-refractivity contribution >= 4 is 17.2 Å². The van der Waals surface area contributed by atoms with Gasteiger partial charge in [0, 0.05) is 45.0 Å². The smallest absolute Gasteiger partial charge is 0.377 e. The Morgan fingerprint density at radius 2 is 2.09 bits per heavy atom. The van der Waals surface area contributed by atoms with Crippen LogP contribution in [0.4, 0.5) is 24.5 Å². The van der Waals surface area contributed by atoms with Gasteiger partial charge in [0.1, 0.15) is 17.7 Å². The molecule has 2 fully saturated rings. The number of nitrogens with one attached hydrogen (secondary N) is 2. The molecule has 4 heterocycles. The number of carbonyl (C=O) groups excluding carboxylic acids is 1. The second kappa shape index (κ2) is 9.78. The molecule has 0 spiro atoms. The molecule has 0 radical (unpaired) electrons. The van der Waals surface area contributed by atoms with Gasteiger partial charge in [-0.25, -0.2) is 5.10 Å². The van der Waals surface area contributed by atoms with Crippen molar-refractivity contribution in [3.05, 3.63) is 46.1 Å². The SMILES string of the molecule is N#Cc1cnccc1N1CCNCC1C(=O)CC1COCCN1c1cn[nH]c(=O)c1C(F)(F)F. The molecule has 0 aromatic carbocycles. The van der Waals surface area contributed by atoms with E-state index in [0.29, 0.717) is 30.9 Å². The zero-order valence-electron chi connectivity index (χ0n) is 18.0. The second-order valence-electron chi connectivity index (χ2n) is 7.97. The van der Waals surface area contributed by atoms with E-state index in [9.17, 15) is 28.0 Å². The fourth-order valence-corrected chi connectivity index (χ4v) is 4.39. The third-order valence-electron chi connectivity index (χ3n) is 5.94. The third-order valence-corrected chi connectivity index (χ3v) is 5.94. The van der Waals surface area contributed by atoms with Gasteiger partial charge in [0.25, 0.3) is 5.56 Å². The first-order chi connectivity index (χ1) is 16.3. The van der Waals surface area contributed by atoms with Gasteiger partial charge in [0.15, 0.2) is 5.78 Å². The van der Waals surface area contributed by atoms with Gasteiger partial charge in [-0.15, -0.1) is 0 Å². The van der Waals surface area contributed by atoms with Gasteiger partial charge in [-0.05, 0) is 6.07 Å². The first-order valence-corrected chi connectivity index (χ1v) is 10.6. The summed E-state index contributed by atoms with van der Waals surface area (Å²) >= 11 is 0. The molecule has 34 heavy (non-hydrogen) atoms. The number of hydrogen-bond acceptors (Lipinski definition) is 9. The Labute approximate surface area is 192 Å². The molecule has 2 aromatic rings. The molecule has 2 aliphatic rings. The Morgan fingerprint density at radius 3 is 2.85 bits per heavy atom. The molecule has 10 nitrogen and oxygen atoms in total. The highest BCUT2D eigenvalue weighted by atomic mass is 19.4. The Kier molecular flexibility index (Phi) is 6.80. The molecular formula is C21H22F3N7O3. The monoisotopic (exact) mass is 477 g/mol. The lowest BCUT2D eigenvalue weighted by Crippen LogP contribution is -2.57. The van der Waals surface area contributed by atoms with Crippen LogP contribution in [0.2, 0.25) is 0 Å². The standard InChI is InChI=1S/C21H22F3N7O3/c22-21(23,24)19-17(11-28-29-20(19)33)30-5-6-34-12-14(30)7-18(32)16-10-27-3-4-31(16)15-1-2-26-9-13(15)8-25/h1-2,9,11,14,16,27H,3-7,10,12H2,(H,29,33). The van der Waals surface area contributed by atoms with Crippen molar-refractivity contribution in [2.45, 2.75) is 24.7 Å². The zero-order chi connectivity index (χ0) is 24.3. The van der Waals surface area contributed by atoms with Gasteiger partial charge in [-0.2, -0.15) is 23.5 Å². The van der Waals surface area contributed by atoms with Crippen molar-refractivity contribution in [2.75, 3.05) is 49.2 Å². The lowest BCUT2D eigenvalue weighted by molar-refractivity contribution is -0.138. The number of ether oxygens (including phenoxy) is 1. The summed E-state index contributed by atoms with van der Waals surface area (Å²) in [5, 5.41) is 18.0. The Hall–Kier alpha value is -3.50. The number of aromatic nitrogens is 3. The van der Waals surface area contributed by atoms with Crippen molar-refractivity contribution in [2.24, 2.45) is 0 Å². The normalized spacial score (nSPS) is 21.2. The van der Waals surface area contributed by atoms with E-state index in [1.807, 2.05) is 10.00 Å². The van der Waals surface area contributed by atoms with Gasteiger partial charge in [0.05, 0.1) is 42.4 Å². The van der Waals surface area contributed by atoms with Crippen LogP contribution in [-0.4, -0.2) is 72.4 Å². The predicted octanol–water partition coefficient (Wildman–Crippen LogP) is 0.698. The molecule has 2 unspecified atom stereocenters. The number of aromatic amines is 1. The van der Waals surface area contributed by atoms with Crippen LogP contribution in [0.1, 0.15) is 17.5 Å². The maximum absolute atomic E-state index is 13.6. The van der Waals surface area contributed by atoms with Crippen molar-refractivity contribution in [3.8, 4) is 6.07 Å². The minimum absolute atomic E-state index is 0.0225. The summed E-state index contributed by atoms with van der Waals surface area (Å²) in [6, 6.07) is 2.39. The van der Waals surface area contributed by atoms with Gasteiger partial charge in [-0.1, -0.05) is 0 Å². The van der Waals surface area contributed by atoms with E-state index >= 15 is 0 Å². The molecule has 0 bridgehead atoms. The lowest BCUT2D eigenvalue weighted by Gasteiger charge is -2.41. The van der Waals surface area contributed by atoms with Crippen LogP contribution in [0.25, 0.3) is 0 Å². The molecule has 0 aliphatic carbocycles. The van der Waals surface area contributed by atoms with E-state index in [2.05, 4.69) is 21.5 Å². The molecule has 4 rings (SSSR count). The van der Waals surface area contributed by atoms with Crippen LogP contribution in [0, 0.1) is 11.3 Å². The van der Waals surface area contributed by atoms with Gasteiger partial charge < -0.3 is 19.9 Å². The number of H-pyrrole nitrogens is 1. The summed E-state index contributed by atoms with van der Waals surface area (Å²) < 4.78 is 46.4. The van der Waals surface area contributed by atoms with Crippen LogP contribution >= 0.6 is 0 Å². The summed E-state index contributed by atoms with van der Waals surface area (Å²) in [7, 11) is 0. The molecular weight excluding hydrogens is 455 g/mol. The number of ketones is 1. The Balaban J connectivity index is 1.61. The van der Waals surface area contributed by atoms with E-state index in [1.54, 1.807) is 6.07 Å². The summed E-state index contributed by atoms with van der Waals surface area (Å²) in [4.78, 5) is 32.5. The first kappa shape index (κ1) is 23.7. The molecule has 180 valence electrons. The molecule has 13 heteroatoms. The van der Waals surface area contributed by atoms with E-state index in [0.717, 1.165) is 6.20 Å². The van der Waals surface area contributed by atoms with E-state index in [4.69, 9.17) is 4.74 Å². The number of anilines is 2. The minimum Gasteiger partial charge on any atom is -0.377 e. The first-order valence-electron chi connectivity index (χ1n) is 10.6. The minimum atomic E-state index is -4.89. The van der Waals surface area contributed by atoms with Crippen molar-refractivity contribution in [3.63, 3.8) is 0 Å². The highest BCUT2D eigenvalue weighted by Gasteiger charge is 2.41. The number of piperazine rings is 1. The Morgan fingerprint density at radius 1 is 1.26 bits per heavy atom. The molecule has 2 saturated heterocycles. The average Bonchev–Trinajstić information content (AvgIpc) is 2.83. The maximum atomic E-state index is 13.6. The van der Waals surface area contributed by atoms with Crippen LogP contribution in [0.3, 0.4) is 0 Å². The van der Waals surface area contributed by atoms with Crippen LogP contribution < -0.4 is 20.7 Å². The number of nitriles is 1. The number of nitrogens with zero attached hydrogens (tertiary/aromatic N) is 5. The number of carbonyl (C=O) groups is 1. The van der Waals surface area contributed by atoms with Crippen molar-refractivity contribution in [1.82, 2.24) is 20.5 Å². The van der Waals surface area contributed by atoms with Crippen LogP contribution in [-0.2, 0) is 15.7 Å². The molecule has 2 aromatic heterocycles. The number of morpholine rings is 1. The van der Waals surface area contributed by atoms with Gasteiger partial charge >= 0.3 is 6.18 Å². The number of halogens is 3. The number of alkyl halides is 3. The predicted molar refractivity (Wildman–Crippen MR) is 114 cm³/mol. The number of hydrogen-bond donors (Lipinski definition) is 2.